The summed E-state index contributed by atoms with van der Waals surface area (Å²) >= 11 is 0. The van der Waals surface area contributed by atoms with E-state index in [1.807, 2.05) is 36.1 Å². The fourth-order valence-corrected chi connectivity index (χ4v) is 4.20. The van der Waals surface area contributed by atoms with Gasteiger partial charge in [0.05, 0.1) is 13.1 Å². The van der Waals surface area contributed by atoms with Crippen LogP contribution < -0.4 is 16.0 Å². The highest BCUT2D eigenvalue weighted by atomic mass is 19.1. The molecule has 36 heavy (non-hydrogen) atoms. The average molecular weight is 493 g/mol. The highest BCUT2D eigenvalue weighted by molar-refractivity contribution is 5.79. The van der Waals surface area contributed by atoms with Crippen LogP contribution in [0.5, 0.6) is 0 Å². The summed E-state index contributed by atoms with van der Waals surface area (Å²) in [7, 11) is 0. The van der Waals surface area contributed by atoms with Gasteiger partial charge in [-0.15, -0.1) is 0 Å². The van der Waals surface area contributed by atoms with E-state index in [2.05, 4.69) is 20.5 Å². The van der Waals surface area contributed by atoms with Crippen LogP contribution in [-0.4, -0.2) is 52.4 Å². The van der Waals surface area contributed by atoms with Crippen molar-refractivity contribution in [2.75, 3.05) is 31.5 Å². The molecule has 0 aliphatic carbocycles. The van der Waals surface area contributed by atoms with Crippen LogP contribution in [0.2, 0.25) is 0 Å². The molecule has 0 unspecified atom stereocenters. The van der Waals surface area contributed by atoms with Gasteiger partial charge in [0.25, 0.3) is 0 Å². The monoisotopic (exact) mass is 492 g/mol. The number of aromatic nitrogens is 2. The van der Waals surface area contributed by atoms with Gasteiger partial charge in [-0.3, -0.25) is 9.59 Å². The summed E-state index contributed by atoms with van der Waals surface area (Å²) in [6, 6.07) is 14.4. The molecule has 8 nitrogen and oxygen atoms in total. The Hall–Kier alpha value is -3.72. The topological polar surface area (TPSA) is 91.3 Å². The Kier molecular flexibility index (Phi) is 8.32. The minimum Gasteiger partial charge on any atom is -0.356 e. The van der Waals surface area contributed by atoms with E-state index in [1.165, 1.54) is 24.6 Å². The van der Waals surface area contributed by atoms with Crippen molar-refractivity contribution in [2.45, 2.75) is 39.8 Å². The van der Waals surface area contributed by atoms with Crippen LogP contribution in [0.15, 0.2) is 48.5 Å². The van der Waals surface area contributed by atoms with Crippen LogP contribution in [0.25, 0.3) is 11.3 Å². The lowest BCUT2D eigenvalue weighted by Crippen LogP contribution is -2.43. The molecule has 2 heterocycles. The Labute approximate surface area is 210 Å². The number of hydrogen-bond donors (Lipinski definition) is 3. The van der Waals surface area contributed by atoms with Crippen molar-refractivity contribution in [2.24, 2.45) is 0 Å². The summed E-state index contributed by atoms with van der Waals surface area (Å²) in [6.45, 7) is 6.78. The maximum absolute atomic E-state index is 13.6. The average Bonchev–Trinajstić information content (AvgIpc) is 3.22. The standard InChI is InChI=1S/C27H33FN6O2/c1-19-5-11-23(12-6-19)31-27-26(21-7-9-22(28)10-8-21)32-24-18-33(15-16-34(24)27)25(36)17-29-13-3-4-14-30-20(2)35/h5-12,29,31H,3-4,13-18H2,1-2H3,(H,30,35). The van der Waals surface area contributed by atoms with Crippen LogP contribution in [0.1, 0.15) is 31.2 Å². The highest BCUT2D eigenvalue weighted by Crippen LogP contribution is 2.33. The molecule has 0 radical (unpaired) electrons. The van der Waals surface area contributed by atoms with E-state index in [-0.39, 0.29) is 24.2 Å². The molecule has 4 rings (SSSR count). The van der Waals surface area contributed by atoms with E-state index < -0.39 is 0 Å². The van der Waals surface area contributed by atoms with Crippen LogP contribution in [-0.2, 0) is 22.7 Å². The number of carbonyl (C=O) groups is 2. The largest absolute Gasteiger partial charge is 0.356 e. The van der Waals surface area contributed by atoms with Crippen molar-refractivity contribution >= 4 is 23.3 Å². The number of imidazole rings is 1. The first-order chi connectivity index (χ1) is 17.4. The van der Waals surface area contributed by atoms with Gasteiger partial charge < -0.3 is 25.4 Å². The van der Waals surface area contributed by atoms with Crippen LogP contribution >= 0.6 is 0 Å². The second-order valence-electron chi connectivity index (χ2n) is 9.06. The molecule has 0 fully saturated rings. The second kappa shape index (κ2) is 11.8. The highest BCUT2D eigenvalue weighted by Gasteiger charge is 2.26. The summed E-state index contributed by atoms with van der Waals surface area (Å²) in [5, 5.41) is 9.47. The molecule has 190 valence electrons. The number of unbranched alkanes of at least 4 members (excludes halogenated alkanes) is 1. The number of hydrogen-bond acceptors (Lipinski definition) is 5. The van der Waals surface area contributed by atoms with Gasteiger partial charge in [-0.1, -0.05) is 17.7 Å². The van der Waals surface area contributed by atoms with Crippen molar-refractivity contribution in [3.05, 3.63) is 65.7 Å². The van der Waals surface area contributed by atoms with Crippen molar-refractivity contribution in [3.63, 3.8) is 0 Å². The number of fused-ring (bicyclic) bond motifs is 1. The molecular weight excluding hydrogens is 459 g/mol. The molecule has 0 atom stereocenters. The van der Waals surface area contributed by atoms with Gasteiger partial charge in [-0.25, -0.2) is 9.37 Å². The van der Waals surface area contributed by atoms with E-state index >= 15 is 0 Å². The minimum atomic E-state index is -0.296. The third-order valence-corrected chi connectivity index (χ3v) is 6.19. The third-order valence-electron chi connectivity index (χ3n) is 6.19. The lowest BCUT2D eigenvalue weighted by atomic mass is 10.1. The van der Waals surface area contributed by atoms with Crippen molar-refractivity contribution < 1.29 is 14.0 Å². The molecule has 1 aromatic heterocycles. The molecule has 3 aromatic rings. The first-order valence-electron chi connectivity index (χ1n) is 12.3. The van der Waals surface area contributed by atoms with E-state index in [1.54, 1.807) is 12.1 Å². The number of rotatable bonds is 10. The van der Waals surface area contributed by atoms with Crippen molar-refractivity contribution in [3.8, 4) is 11.3 Å². The number of anilines is 2. The first-order valence-corrected chi connectivity index (χ1v) is 12.3. The molecule has 2 aromatic carbocycles. The number of halogens is 1. The van der Waals surface area contributed by atoms with Crippen LogP contribution in [0.4, 0.5) is 15.9 Å². The van der Waals surface area contributed by atoms with Gasteiger partial charge in [0.1, 0.15) is 23.2 Å². The Balaban J connectivity index is 1.44. The Morgan fingerprint density at radius 2 is 1.72 bits per heavy atom. The van der Waals surface area contributed by atoms with E-state index in [0.717, 1.165) is 41.4 Å². The van der Waals surface area contributed by atoms with E-state index in [4.69, 9.17) is 4.98 Å². The fourth-order valence-electron chi connectivity index (χ4n) is 4.20. The zero-order valence-corrected chi connectivity index (χ0v) is 20.8. The lowest BCUT2D eigenvalue weighted by molar-refractivity contribution is -0.131. The predicted molar refractivity (Wildman–Crippen MR) is 138 cm³/mol. The van der Waals surface area contributed by atoms with Crippen molar-refractivity contribution in [1.82, 2.24) is 25.1 Å². The van der Waals surface area contributed by atoms with Gasteiger partial charge in [0.15, 0.2) is 0 Å². The summed E-state index contributed by atoms with van der Waals surface area (Å²) in [5.41, 5.74) is 3.65. The van der Waals surface area contributed by atoms with Gasteiger partial charge in [-0.2, -0.15) is 0 Å². The number of aryl methyl sites for hydroxylation is 1. The summed E-state index contributed by atoms with van der Waals surface area (Å²) < 4.78 is 15.7. The molecule has 9 heteroatoms. The van der Waals surface area contributed by atoms with E-state index in [0.29, 0.717) is 32.7 Å². The smallest absolute Gasteiger partial charge is 0.236 e. The van der Waals surface area contributed by atoms with Gasteiger partial charge >= 0.3 is 0 Å². The lowest BCUT2D eigenvalue weighted by Gasteiger charge is -2.29. The zero-order valence-electron chi connectivity index (χ0n) is 20.8. The molecule has 1 aliphatic heterocycles. The number of nitrogens with zero attached hydrogens (tertiary/aromatic N) is 3. The third kappa shape index (κ3) is 6.48. The van der Waals surface area contributed by atoms with Gasteiger partial charge in [-0.05, 0) is 62.7 Å². The Bertz CT molecular complexity index is 1190. The van der Waals surface area contributed by atoms with E-state index in [9.17, 15) is 14.0 Å². The minimum absolute atomic E-state index is 0.0265. The van der Waals surface area contributed by atoms with Crippen molar-refractivity contribution in [1.29, 1.82) is 0 Å². The molecule has 3 N–H and O–H groups in total. The Morgan fingerprint density at radius 1 is 1.00 bits per heavy atom. The van der Waals surface area contributed by atoms with Crippen LogP contribution in [0, 0.1) is 12.7 Å². The Morgan fingerprint density at radius 3 is 2.44 bits per heavy atom. The molecule has 0 saturated carbocycles. The first kappa shape index (κ1) is 25.4. The molecule has 1 aliphatic rings. The number of carbonyl (C=O) groups excluding carboxylic acids is 2. The summed E-state index contributed by atoms with van der Waals surface area (Å²) in [5.74, 6) is 1.34. The number of nitrogens with one attached hydrogen (secondary N) is 3. The molecule has 0 spiro atoms. The maximum Gasteiger partial charge on any atom is 0.236 e. The zero-order chi connectivity index (χ0) is 25.5. The van der Waals surface area contributed by atoms with Gasteiger partial charge in [0.2, 0.25) is 11.8 Å². The molecule has 0 bridgehead atoms. The summed E-state index contributed by atoms with van der Waals surface area (Å²) in [4.78, 5) is 30.4. The summed E-state index contributed by atoms with van der Waals surface area (Å²) in [6.07, 6.45) is 1.75. The SMILES string of the molecule is CC(=O)NCCCCNCC(=O)N1CCn2c(nc(-c3ccc(F)cc3)c2Nc2ccc(C)cc2)C1. The normalized spacial score (nSPS) is 12.8. The number of benzene rings is 2. The molecule has 0 saturated heterocycles. The fraction of sp³-hybridized carbons (Fsp3) is 0.370. The van der Waals surface area contributed by atoms with Crippen LogP contribution in [0.3, 0.4) is 0 Å². The maximum atomic E-state index is 13.6. The van der Waals surface area contributed by atoms with Gasteiger partial charge in [0, 0.05) is 37.8 Å². The second-order valence-corrected chi connectivity index (χ2v) is 9.06. The predicted octanol–water partition coefficient (Wildman–Crippen LogP) is 3.59. The number of amides is 2. The molecule has 2 amide bonds. The quantitative estimate of drug-likeness (QED) is 0.376. The molecular formula is C27H33FN6O2.